The Morgan fingerprint density at radius 3 is 2.38 bits per heavy atom. The Bertz CT molecular complexity index is 1250. The standard InChI is InChI=1S/C32H49FN5O3P/c1-9-13-23(18-20(3)10-2)40-27-19-26(39-22(5)21(4)14-12-17-34-8)35-29(36-27)30-37-31(41-38-30)32(6,7)28-24(33)15-11-16-25(28)42/h11,15-16,19-23,34H,9-10,12-14,17-18,42H2,1-8H3/t20-,21+,22+,23+/m1/s1. The molecule has 0 saturated carbocycles. The van der Waals surface area contributed by atoms with Gasteiger partial charge in [-0.2, -0.15) is 15.0 Å². The van der Waals surface area contributed by atoms with Gasteiger partial charge < -0.3 is 19.3 Å². The first-order valence-electron chi connectivity index (χ1n) is 15.3. The SMILES string of the molecule is CCC[C@@H](C[C@H](C)CC)Oc1cc(O[C@@H](C)[C@@H](C)CCCNC)nc(-c2noc(C(C)(C)c3c(F)cccc3P)n2)n1. The van der Waals surface area contributed by atoms with Gasteiger partial charge in [0, 0.05) is 5.56 Å². The van der Waals surface area contributed by atoms with Crippen LogP contribution in [0, 0.1) is 17.7 Å². The van der Waals surface area contributed by atoms with E-state index in [1.807, 2.05) is 27.0 Å². The van der Waals surface area contributed by atoms with Crippen molar-refractivity contribution >= 4 is 14.5 Å². The second kappa shape index (κ2) is 15.7. The lowest BCUT2D eigenvalue weighted by Crippen LogP contribution is -2.26. The molecule has 8 nitrogen and oxygen atoms in total. The summed E-state index contributed by atoms with van der Waals surface area (Å²) >= 11 is 0. The van der Waals surface area contributed by atoms with E-state index in [9.17, 15) is 4.39 Å². The van der Waals surface area contributed by atoms with Gasteiger partial charge in [-0.3, -0.25) is 0 Å². The normalized spacial score (nSPS) is 14.8. The van der Waals surface area contributed by atoms with Crippen LogP contribution in [0.25, 0.3) is 11.6 Å². The molecule has 0 amide bonds. The molecule has 1 unspecified atom stereocenters. The molecule has 0 radical (unpaired) electrons. The third kappa shape index (κ3) is 8.93. The molecule has 2 aromatic heterocycles. The van der Waals surface area contributed by atoms with Crippen molar-refractivity contribution in [3.05, 3.63) is 41.5 Å². The van der Waals surface area contributed by atoms with Crippen molar-refractivity contribution in [1.29, 1.82) is 0 Å². The number of aromatic nitrogens is 4. The molecule has 5 atom stereocenters. The van der Waals surface area contributed by atoms with Gasteiger partial charge >= 0.3 is 0 Å². The molecule has 0 fully saturated rings. The molecular formula is C32H49FN5O3P. The van der Waals surface area contributed by atoms with Gasteiger partial charge in [0.05, 0.1) is 11.5 Å². The minimum Gasteiger partial charge on any atom is -0.474 e. The van der Waals surface area contributed by atoms with Crippen molar-refractivity contribution in [2.45, 2.75) is 105 Å². The molecule has 0 saturated heterocycles. The molecule has 42 heavy (non-hydrogen) atoms. The molecule has 3 aromatic rings. The summed E-state index contributed by atoms with van der Waals surface area (Å²) < 4.78 is 33.4. The lowest BCUT2D eigenvalue weighted by Gasteiger charge is -2.23. The number of benzene rings is 1. The Hall–Kier alpha value is -2.64. The van der Waals surface area contributed by atoms with Gasteiger partial charge in [0.1, 0.15) is 18.0 Å². The van der Waals surface area contributed by atoms with Crippen molar-refractivity contribution < 1.29 is 18.4 Å². The maximum Gasteiger partial charge on any atom is 0.240 e. The van der Waals surface area contributed by atoms with Crippen LogP contribution in [0.3, 0.4) is 0 Å². The molecular weight excluding hydrogens is 552 g/mol. The summed E-state index contributed by atoms with van der Waals surface area (Å²) in [5, 5.41) is 8.12. The highest BCUT2D eigenvalue weighted by atomic mass is 31.0. The van der Waals surface area contributed by atoms with Crippen LogP contribution < -0.4 is 20.1 Å². The van der Waals surface area contributed by atoms with E-state index in [2.05, 4.69) is 64.3 Å². The Morgan fingerprint density at radius 2 is 1.74 bits per heavy atom. The predicted molar refractivity (Wildman–Crippen MR) is 169 cm³/mol. The molecule has 0 aliphatic rings. The highest BCUT2D eigenvalue weighted by molar-refractivity contribution is 7.27. The highest BCUT2D eigenvalue weighted by Gasteiger charge is 2.34. The first-order valence-corrected chi connectivity index (χ1v) is 15.8. The lowest BCUT2D eigenvalue weighted by molar-refractivity contribution is 0.138. The number of nitrogens with one attached hydrogen (secondary N) is 1. The van der Waals surface area contributed by atoms with Gasteiger partial charge in [0.15, 0.2) is 0 Å². The molecule has 0 aliphatic carbocycles. The van der Waals surface area contributed by atoms with Crippen LogP contribution >= 0.6 is 9.24 Å². The van der Waals surface area contributed by atoms with Gasteiger partial charge in [-0.05, 0) is 83.3 Å². The summed E-state index contributed by atoms with van der Waals surface area (Å²) in [5.74, 6) is 2.01. The van der Waals surface area contributed by atoms with Crippen LogP contribution in [0.1, 0.15) is 98.4 Å². The minimum atomic E-state index is -0.888. The van der Waals surface area contributed by atoms with Gasteiger partial charge in [-0.1, -0.05) is 57.8 Å². The smallest absolute Gasteiger partial charge is 0.240 e. The predicted octanol–water partition coefficient (Wildman–Crippen LogP) is 6.88. The monoisotopic (exact) mass is 601 g/mol. The van der Waals surface area contributed by atoms with E-state index in [0.29, 0.717) is 29.2 Å². The average Bonchev–Trinajstić information content (AvgIpc) is 3.44. The van der Waals surface area contributed by atoms with E-state index in [1.165, 1.54) is 6.07 Å². The minimum absolute atomic E-state index is 0.0136. The number of hydrogen-bond acceptors (Lipinski definition) is 8. The lowest BCUT2D eigenvalue weighted by atomic mass is 9.84. The maximum atomic E-state index is 14.9. The molecule has 1 N–H and O–H groups in total. The first-order chi connectivity index (χ1) is 20.0. The van der Waals surface area contributed by atoms with E-state index < -0.39 is 5.41 Å². The summed E-state index contributed by atoms with van der Waals surface area (Å²) in [4.78, 5) is 14.0. The Kier molecular flexibility index (Phi) is 12.7. The van der Waals surface area contributed by atoms with Crippen LogP contribution in [-0.2, 0) is 5.41 Å². The number of ether oxygens (including phenoxy) is 2. The van der Waals surface area contributed by atoms with Crippen molar-refractivity contribution in [2.24, 2.45) is 11.8 Å². The summed E-state index contributed by atoms with van der Waals surface area (Å²) in [5.41, 5.74) is -0.415. The Balaban J connectivity index is 1.97. The zero-order chi connectivity index (χ0) is 30.9. The van der Waals surface area contributed by atoms with Gasteiger partial charge in [0.25, 0.3) is 0 Å². The van der Waals surface area contributed by atoms with Gasteiger partial charge in [-0.15, -0.1) is 9.24 Å². The highest BCUT2D eigenvalue weighted by Crippen LogP contribution is 2.33. The van der Waals surface area contributed by atoms with Crippen molar-refractivity contribution in [2.75, 3.05) is 13.6 Å². The molecule has 0 spiro atoms. The quantitative estimate of drug-likeness (QED) is 0.132. The fourth-order valence-corrected chi connectivity index (χ4v) is 5.59. The summed E-state index contributed by atoms with van der Waals surface area (Å²) in [6, 6.07) is 6.70. The number of halogens is 1. The molecule has 1 aromatic carbocycles. The zero-order valence-electron chi connectivity index (χ0n) is 26.5. The van der Waals surface area contributed by atoms with Crippen molar-refractivity contribution in [3.63, 3.8) is 0 Å². The largest absolute Gasteiger partial charge is 0.474 e. The number of nitrogens with zero attached hydrogens (tertiary/aromatic N) is 4. The molecule has 10 heteroatoms. The van der Waals surface area contributed by atoms with E-state index in [0.717, 1.165) is 50.4 Å². The van der Waals surface area contributed by atoms with E-state index in [4.69, 9.17) is 19.0 Å². The van der Waals surface area contributed by atoms with Crippen molar-refractivity contribution in [3.8, 4) is 23.4 Å². The summed E-state index contributed by atoms with van der Waals surface area (Å²) in [7, 11) is 4.54. The summed E-state index contributed by atoms with van der Waals surface area (Å²) in [6.07, 6.45) is 5.94. The Labute approximate surface area is 253 Å². The summed E-state index contributed by atoms with van der Waals surface area (Å²) in [6.45, 7) is 15.5. The van der Waals surface area contributed by atoms with Crippen LogP contribution in [0.15, 0.2) is 28.8 Å². The van der Waals surface area contributed by atoms with Crippen LogP contribution in [0.5, 0.6) is 11.8 Å². The van der Waals surface area contributed by atoms with E-state index in [-0.39, 0.29) is 35.6 Å². The van der Waals surface area contributed by atoms with Gasteiger partial charge in [0.2, 0.25) is 29.3 Å². The zero-order valence-corrected chi connectivity index (χ0v) is 27.7. The third-order valence-electron chi connectivity index (χ3n) is 7.97. The second-order valence-corrected chi connectivity index (χ2v) is 12.6. The van der Waals surface area contributed by atoms with Crippen molar-refractivity contribution in [1.82, 2.24) is 25.4 Å². The molecule has 3 rings (SSSR count). The average molecular weight is 602 g/mol. The van der Waals surface area contributed by atoms with Crippen LogP contribution in [0.2, 0.25) is 0 Å². The number of hydrogen-bond donors (Lipinski definition) is 1. The topological polar surface area (TPSA) is 95.2 Å². The Morgan fingerprint density at radius 1 is 1.02 bits per heavy atom. The third-order valence-corrected chi connectivity index (χ3v) is 8.45. The number of rotatable bonds is 17. The fraction of sp³-hybridized carbons (Fsp3) is 0.625. The van der Waals surface area contributed by atoms with E-state index >= 15 is 0 Å². The first kappa shape index (κ1) is 33.9. The molecule has 2 heterocycles. The molecule has 0 bridgehead atoms. The maximum absolute atomic E-state index is 14.9. The fourth-order valence-electron chi connectivity index (χ4n) is 4.98. The second-order valence-electron chi connectivity index (χ2n) is 11.9. The van der Waals surface area contributed by atoms with Gasteiger partial charge in [-0.25, -0.2) is 4.39 Å². The van der Waals surface area contributed by atoms with Crippen LogP contribution in [-0.4, -0.2) is 45.9 Å². The molecule has 0 aliphatic heterocycles. The van der Waals surface area contributed by atoms with Crippen LogP contribution in [0.4, 0.5) is 4.39 Å². The molecule has 232 valence electrons. The van der Waals surface area contributed by atoms with E-state index in [1.54, 1.807) is 12.1 Å².